The molecule has 0 amide bonds. The van der Waals surface area contributed by atoms with E-state index in [0.717, 1.165) is 11.3 Å². The molecule has 0 fully saturated rings. The van der Waals surface area contributed by atoms with Gasteiger partial charge in [-0.05, 0) is 36.2 Å². The summed E-state index contributed by atoms with van der Waals surface area (Å²) in [6, 6.07) is 11.8. The zero-order chi connectivity index (χ0) is 18.3. The maximum atomic E-state index is 14.6. The number of hydrogen-bond donors (Lipinski definition) is 2. The van der Waals surface area contributed by atoms with Gasteiger partial charge in [-0.25, -0.2) is 9.07 Å². The third-order valence-corrected chi connectivity index (χ3v) is 4.86. The standard InChI is InChI=1S/C18H17ClFN5O/c1-26-11-5-2-4-10(8-11)14-9-15(16-12(19)6-3-7-13(16)20)25-18(22-14)23-17(21)24-25/h2-8,14-15H,9H2,1H3,(H3,21,22,23,24)/t14-,15-/m0/s1. The van der Waals surface area contributed by atoms with Gasteiger partial charge in [0.15, 0.2) is 0 Å². The summed E-state index contributed by atoms with van der Waals surface area (Å²) in [4.78, 5) is 4.23. The number of rotatable bonds is 3. The summed E-state index contributed by atoms with van der Waals surface area (Å²) in [5, 5.41) is 7.88. The van der Waals surface area contributed by atoms with Crippen molar-refractivity contribution in [1.29, 1.82) is 0 Å². The number of nitrogens with two attached hydrogens (primary N) is 1. The van der Waals surface area contributed by atoms with Crippen molar-refractivity contribution in [2.24, 2.45) is 0 Å². The first-order valence-corrected chi connectivity index (χ1v) is 8.51. The number of methoxy groups -OCH3 is 1. The molecule has 0 saturated heterocycles. The molecule has 2 atom stereocenters. The van der Waals surface area contributed by atoms with Gasteiger partial charge >= 0.3 is 0 Å². The molecule has 3 aromatic rings. The molecule has 4 rings (SSSR count). The Morgan fingerprint density at radius 1 is 1.31 bits per heavy atom. The first-order chi connectivity index (χ1) is 12.6. The van der Waals surface area contributed by atoms with Crippen molar-refractivity contribution >= 4 is 23.5 Å². The number of halogens is 2. The number of benzene rings is 2. The number of nitrogens with one attached hydrogen (secondary N) is 1. The van der Waals surface area contributed by atoms with Crippen molar-refractivity contribution in [3.63, 3.8) is 0 Å². The van der Waals surface area contributed by atoms with Gasteiger partial charge in [0.25, 0.3) is 0 Å². The molecule has 8 heteroatoms. The number of hydrogen-bond acceptors (Lipinski definition) is 5. The highest BCUT2D eigenvalue weighted by atomic mass is 35.5. The number of ether oxygens (including phenoxy) is 1. The fourth-order valence-electron chi connectivity index (χ4n) is 3.34. The van der Waals surface area contributed by atoms with Crippen LogP contribution in [-0.4, -0.2) is 21.9 Å². The molecule has 3 N–H and O–H groups in total. The van der Waals surface area contributed by atoms with E-state index in [1.54, 1.807) is 23.9 Å². The molecular formula is C18H17ClFN5O. The van der Waals surface area contributed by atoms with Crippen molar-refractivity contribution in [2.45, 2.75) is 18.5 Å². The molecule has 0 spiro atoms. The quantitative estimate of drug-likeness (QED) is 0.730. The fraction of sp³-hybridized carbons (Fsp3) is 0.222. The van der Waals surface area contributed by atoms with E-state index in [2.05, 4.69) is 15.4 Å². The van der Waals surface area contributed by atoms with Crippen molar-refractivity contribution in [1.82, 2.24) is 14.8 Å². The summed E-state index contributed by atoms with van der Waals surface area (Å²) < 4.78 is 21.5. The van der Waals surface area contributed by atoms with Gasteiger partial charge in [-0.3, -0.25) is 0 Å². The van der Waals surface area contributed by atoms with Gasteiger partial charge in [-0.15, -0.1) is 5.10 Å². The highest BCUT2D eigenvalue weighted by Gasteiger charge is 2.33. The molecule has 1 aliphatic heterocycles. The monoisotopic (exact) mass is 373 g/mol. The lowest BCUT2D eigenvalue weighted by Gasteiger charge is -2.32. The Hall–Kier alpha value is -2.80. The summed E-state index contributed by atoms with van der Waals surface area (Å²) in [6.07, 6.45) is 0.531. The predicted molar refractivity (Wildman–Crippen MR) is 98.0 cm³/mol. The summed E-state index contributed by atoms with van der Waals surface area (Å²) in [6.45, 7) is 0. The first-order valence-electron chi connectivity index (χ1n) is 8.13. The molecular weight excluding hydrogens is 357 g/mol. The Morgan fingerprint density at radius 2 is 2.12 bits per heavy atom. The van der Waals surface area contributed by atoms with E-state index in [1.807, 2.05) is 24.3 Å². The fourth-order valence-corrected chi connectivity index (χ4v) is 3.63. The second-order valence-electron chi connectivity index (χ2n) is 6.10. The van der Waals surface area contributed by atoms with Crippen LogP contribution in [0.4, 0.5) is 16.3 Å². The van der Waals surface area contributed by atoms with Crippen molar-refractivity contribution in [2.75, 3.05) is 18.2 Å². The summed E-state index contributed by atoms with van der Waals surface area (Å²) in [7, 11) is 1.62. The SMILES string of the molecule is COc1cccc([C@@H]2C[C@@H](c3c(F)cccc3Cl)n3nc(N)nc3N2)c1. The molecule has 1 aliphatic rings. The first kappa shape index (κ1) is 16.7. The van der Waals surface area contributed by atoms with Gasteiger partial charge in [-0.1, -0.05) is 29.8 Å². The molecule has 134 valence electrons. The van der Waals surface area contributed by atoms with Gasteiger partial charge in [0.2, 0.25) is 11.9 Å². The van der Waals surface area contributed by atoms with E-state index in [4.69, 9.17) is 22.1 Å². The molecule has 0 unspecified atom stereocenters. The maximum absolute atomic E-state index is 14.6. The van der Waals surface area contributed by atoms with E-state index < -0.39 is 6.04 Å². The molecule has 0 radical (unpaired) electrons. The van der Waals surface area contributed by atoms with Crippen LogP contribution < -0.4 is 15.8 Å². The highest BCUT2D eigenvalue weighted by Crippen LogP contribution is 2.41. The van der Waals surface area contributed by atoms with Crippen LogP contribution in [-0.2, 0) is 0 Å². The van der Waals surface area contributed by atoms with Crippen LogP contribution >= 0.6 is 11.6 Å². The zero-order valence-electron chi connectivity index (χ0n) is 14.0. The van der Waals surface area contributed by atoms with Gasteiger partial charge in [0, 0.05) is 10.6 Å². The molecule has 2 heterocycles. The summed E-state index contributed by atoms with van der Waals surface area (Å²) in [5.74, 6) is 0.965. The van der Waals surface area contributed by atoms with Crippen molar-refractivity contribution < 1.29 is 9.13 Å². The van der Waals surface area contributed by atoms with E-state index in [1.165, 1.54) is 6.07 Å². The average molecular weight is 374 g/mol. The molecule has 26 heavy (non-hydrogen) atoms. The lowest BCUT2D eigenvalue weighted by Crippen LogP contribution is -2.28. The number of anilines is 2. The summed E-state index contributed by atoms with van der Waals surface area (Å²) >= 11 is 6.30. The van der Waals surface area contributed by atoms with Gasteiger partial charge < -0.3 is 15.8 Å². The van der Waals surface area contributed by atoms with Gasteiger partial charge in [0.05, 0.1) is 19.2 Å². The Kier molecular flexibility index (Phi) is 4.16. The number of nitrogen functional groups attached to an aromatic ring is 1. The number of nitrogens with zero attached hydrogens (tertiary/aromatic N) is 3. The van der Waals surface area contributed by atoms with Crippen LogP contribution in [0.3, 0.4) is 0 Å². The minimum Gasteiger partial charge on any atom is -0.497 e. The molecule has 6 nitrogen and oxygen atoms in total. The number of aromatic nitrogens is 3. The van der Waals surface area contributed by atoms with Crippen LogP contribution in [0.5, 0.6) is 5.75 Å². The lowest BCUT2D eigenvalue weighted by molar-refractivity contribution is 0.406. The van der Waals surface area contributed by atoms with Crippen LogP contribution in [0, 0.1) is 5.82 Å². The van der Waals surface area contributed by atoms with Crippen LogP contribution in [0.25, 0.3) is 0 Å². The predicted octanol–water partition coefficient (Wildman–Crippen LogP) is 3.81. The largest absolute Gasteiger partial charge is 0.497 e. The highest BCUT2D eigenvalue weighted by molar-refractivity contribution is 6.31. The maximum Gasteiger partial charge on any atom is 0.241 e. The molecule has 1 aromatic heterocycles. The van der Waals surface area contributed by atoms with E-state index in [9.17, 15) is 4.39 Å². The topological polar surface area (TPSA) is 78.0 Å². The molecule has 0 saturated carbocycles. The number of fused-ring (bicyclic) bond motifs is 1. The second-order valence-corrected chi connectivity index (χ2v) is 6.51. The van der Waals surface area contributed by atoms with Crippen LogP contribution in [0.2, 0.25) is 5.02 Å². The van der Waals surface area contributed by atoms with Crippen LogP contribution in [0.15, 0.2) is 42.5 Å². The lowest BCUT2D eigenvalue weighted by atomic mass is 9.93. The zero-order valence-corrected chi connectivity index (χ0v) is 14.7. The Bertz CT molecular complexity index is 940. The molecule has 0 aliphatic carbocycles. The molecule has 2 aromatic carbocycles. The van der Waals surface area contributed by atoms with Gasteiger partial charge in [0.1, 0.15) is 11.6 Å². The third-order valence-electron chi connectivity index (χ3n) is 4.53. The van der Waals surface area contributed by atoms with E-state index >= 15 is 0 Å². The van der Waals surface area contributed by atoms with Crippen molar-refractivity contribution in [3.05, 3.63) is 64.4 Å². The van der Waals surface area contributed by atoms with E-state index in [-0.39, 0.29) is 17.8 Å². The van der Waals surface area contributed by atoms with E-state index in [0.29, 0.717) is 23.0 Å². The van der Waals surface area contributed by atoms with Crippen LogP contribution in [0.1, 0.15) is 29.6 Å². The smallest absolute Gasteiger partial charge is 0.241 e. The Balaban J connectivity index is 1.80. The second kappa shape index (κ2) is 6.49. The third kappa shape index (κ3) is 2.84. The summed E-state index contributed by atoms with van der Waals surface area (Å²) in [5.41, 5.74) is 7.15. The average Bonchev–Trinajstić information content (AvgIpc) is 3.01. The van der Waals surface area contributed by atoms with Crippen molar-refractivity contribution in [3.8, 4) is 5.75 Å². The Morgan fingerprint density at radius 3 is 2.88 bits per heavy atom. The minimum atomic E-state index is -0.430. The normalized spacial score (nSPS) is 18.9. The molecule has 0 bridgehead atoms. The van der Waals surface area contributed by atoms with Gasteiger partial charge in [-0.2, -0.15) is 4.98 Å². The Labute approximate surface area is 154 Å². The minimum absolute atomic E-state index is 0.122.